The third kappa shape index (κ3) is 6.17. The molecule has 0 saturated heterocycles. The van der Waals surface area contributed by atoms with Crippen molar-refractivity contribution in [3.05, 3.63) is 70.3 Å². The van der Waals surface area contributed by atoms with E-state index in [0.717, 1.165) is 43.2 Å². The zero-order valence-corrected chi connectivity index (χ0v) is 25.1. The van der Waals surface area contributed by atoms with E-state index in [9.17, 15) is 24.9 Å². The molecule has 3 aliphatic rings. The molecule has 2 heterocycles. The number of aliphatic hydroxyl groups excluding tert-OH is 1. The van der Waals surface area contributed by atoms with E-state index in [1.807, 2.05) is 30.4 Å². The van der Waals surface area contributed by atoms with Gasteiger partial charge >= 0.3 is 5.97 Å². The first kappa shape index (κ1) is 30.4. The van der Waals surface area contributed by atoms with Crippen molar-refractivity contribution in [2.24, 2.45) is 11.3 Å². The van der Waals surface area contributed by atoms with Crippen LogP contribution in [0.3, 0.4) is 0 Å². The van der Waals surface area contributed by atoms with Gasteiger partial charge in [-0.15, -0.1) is 0 Å². The number of carboxylic acid groups (broad SMARTS) is 1. The number of likely N-dealkylation sites (N-methyl/N-ethyl adjacent to an activating group) is 1. The third-order valence-corrected chi connectivity index (χ3v) is 9.74. The number of aliphatic hydroxyl groups is 2. The quantitative estimate of drug-likeness (QED) is 0.401. The third-order valence-electron chi connectivity index (χ3n) is 9.50. The van der Waals surface area contributed by atoms with E-state index in [1.165, 1.54) is 4.90 Å². The van der Waals surface area contributed by atoms with Crippen LogP contribution in [0.4, 0.5) is 5.69 Å². The molecule has 0 spiro atoms. The van der Waals surface area contributed by atoms with Gasteiger partial charge in [0.1, 0.15) is 12.4 Å². The predicted molar refractivity (Wildman–Crippen MR) is 162 cm³/mol. The zero-order chi connectivity index (χ0) is 30.1. The second-order valence-corrected chi connectivity index (χ2v) is 12.9. The Kier molecular flexibility index (Phi) is 8.88. The smallest absolute Gasteiger partial charge is 0.340 e. The van der Waals surface area contributed by atoms with Crippen LogP contribution in [0.2, 0.25) is 5.02 Å². The van der Waals surface area contributed by atoms with Gasteiger partial charge in [0.2, 0.25) is 5.91 Å². The highest BCUT2D eigenvalue weighted by Crippen LogP contribution is 2.50. The van der Waals surface area contributed by atoms with Gasteiger partial charge in [0.25, 0.3) is 0 Å². The Morgan fingerprint density at radius 3 is 2.67 bits per heavy atom. The molecule has 4 atom stereocenters. The summed E-state index contributed by atoms with van der Waals surface area (Å²) < 4.78 is 6.40. The van der Waals surface area contributed by atoms with Crippen molar-refractivity contribution in [2.45, 2.75) is 70.2 Å². The molecule has 0 aromatic heterocycles. The van der Waals surface area contributed by atoms with E-state index < -0.39 is 30.0 Å². The summed E-state index contributed by atoms with van der Waals surface area (Å²) in [6, 6.07) is 10.7. The lowest BCUT2D eigenvalue weighted by Gasteiger charge is -2.52. The van der Waals surface area contributed by atoms with Gasteiger partial charge in [0, 0.05) is 31.7 Å². The molecule has 2 aromatic carbocycles. The molecule has 226 valence electrons. The van der Waals surface area contributed by atoms with E-state index >= 15 is 0 Å². The molecule has 0 radical (unpaired) electrons. The molecule has 2 bridgehead atoms. The summed E-state index contributed by atoms with van der Waals surface area (Å²) in [6.45, 7) is 4.10. The molecule has 8 nitrogen and oxygen atoms in total. The highest BCUT2D eigenvalue weighted by Gasteiger charge is 2.47. The van der Waals surface area contributed by atoms with Crippen LogP contribution in [-0.2, 0) is 28.2 Å². The Morgan fingerprint density at radius 2 is 1.93 bits per heavy atom. The van der Waals surface area contributed by atoms with Crippen molar-refractivity contribution in [3.8, 4) is 5.75 Å². The summed E-state index contributed by atoms with van der Waals surface area (Å²) in [7, 11) is 1.58. The topological polar surface area (TPSA) is 111 Å². The number of rotatable bonds is 1. The van der Waals surface area contributed by atoms with Crippen molar-refractivity contribution in [3.63, 3.8) is 0 Å². The number of carboxylic acids is 1. The van der Waals surface area contributed by atoms with Crippen LogP contribution in [0.5, 0.6) is 5.75 Å². The lowest BCUT2D eigenvalue weighted by molar-refractivity contribution is -0.164. The number of anilines is 1. The maximum Gasteiger partial charge on any atom is 0.340 e. The number of halogens is 1. The Labute approximate surface area is 252 Å². The van der Waals surface area contributed by atoms with Crippen molar-refractivity contribution < 1.29 is 29.6 Å². The van der Waals surface area contributed by atoms with E-state index in [4.69, 9.17) is 16.3 Å². The number of ether oxygens (including phenoxy) is 1. The SMILES string of the molecule is CN1C/C=C\C[C@H](O)[C@@H]2CCC2(C)CN2CCCCc3cc(Cl)ccc3COc3ccc(cc32)[C@@](O)(C(=O)O)CC1=O. The molecule has 9 heteroatoms. The normalized spacial score (nSPS) is 29.7. The van der Waals surface area contributed by atoms with Gasteiger partial charge in [0.05, 0.1) is 18.2 Å². The molecule has 2 aliphatic heterocycles. The summed E-state index contributed by atoms with van der Waals surface area (Å²) in [5, 5.41) is 33.6. The number of carbonyl (C=O) groups excluding carboxylic acids is 1. The first-order chi connectivity index (χ1) is 20.0. The van der Waals surface area contributed by atoms with Crippen LogP contribution in [0.25, 0.3) is 0 Å². The summed E-state index contributed by atoms with van der Waals surface area (Å²) in [5.74, 6) is -1.31. The summed E-state index contributed by atoms with van der Waals surface area (Å²) >= 11 is 6.31. The second kappa shape index (κ2) is 12.3. The minimum atomic E-state index is -2.42. The fraction of sp³-hybridized carbons (Fsp3) is 0.515. The van der Waals surface area contributed by atoms with Crippen LogP contribution in [0, 0.1) is 11.3 Å². The van der Waals surface area contributed by atoms with E-state index in [0.29, 0.717) is 42.6 Å². The fourth-order valence-electron chi connectivity index (χ4n) is 6.65. The zero-order valence-electron chi connectivity index (χ0n) is 24.4. The number of aryl methyl sites for hydroxylation is 1. The number of hydrogen-bond donors (Lipinski definition) is 3. The van der Waals surface area contributed by atoms with Gasteiger partial charge in [-0.1, -0.05) is 42.8 Å². The summed E-state index contributed by atoms with van der Waals surface area (Å²) in [6.07, 6.45) is 7.60. The monoisotopic (exact) mass is 596 g/mol. The predicted octanol–water partition coefficient (Wildman–Crippen LogP) is 4.92. The molecule has 1 fully saturated rings. The first-order valence-corrected chi connectivity index (χ1v) is 15.2. The Bertz CT molecular complexity index is 1360. The Balaban J connectivity index is 1.61. The minimum absolute atomic E-state index is 0.0995. The molecule has 1 amide bonds. The van der Waals surface area contributed by atoms with Gasteiger partial charge in [-0.2, -0.15) is 0 Å². The van der Waals surface area contributed by atoms with Crippen molar-refractivity contribution in [2.75, 3.05) is 31.6 Å². The molecule has 1 saturated carbocycles. The number of benzene rings is 2. The molecule has 3 N–H and O–H groups in total. The van der Waals surface area contributed by atoms with Gasteiger partial charge < -0.3 is 29.9 Å². The summed E-state index contributed by atoms with van der Waals surface area (Å²) in [4.78, 5) is 29.2. The van der Waals surface area contributed by atoms with Crippen LogP contribution >= 0.6 is 11.6 Å². The van der Waals surface area contributed by atoms with Crippen molar-refractivity contribution in [1.82, 2.24) is 4.90 Å². The van der Waals surface area contributed by atoms with E-state index in [1.54, 1.807) is 25.2 Å². The number of nitrogens with zero attached hydrogens (tertiary/aromatic N) is 2. The standard InChI is InChI=1S/C33H41ClN2O6/c1-32-14-13-26(32)28(37)8-4-5-15-35(2)30(38)19-33(41,31(39)40)24-10-12-29-27(18-24)36(21-32)16-6-3-7-22-17-25(34)11-9-23(22)20-42-29/h4-5,9-12,17-18,26,28,37,41H,3,6-8,13-16,19-21H2,1-2H3,(H,39,40)/b5-4-/t26-,28-,32?,33+/m0/s1. The molecule has 42 heavy (non-hydrogen) atoms. The van der Waals surface area contributed by atoms with Gasteiger partial charge in [0.15, 0.2) is 5.60 Å². The van der Waals surface area contributed by atoms with Gasteiger partial charge in [-0.25, -0.2) is 4.79 Å². The number of amides is 1. The average Bonchev–Trinajstić information content (AvgIpc) is 2.97. The maximum atomic E-state index is 13.1. The second-order valence-electron chi connectivity index (χ2n) is 12.5. The maximum absolute atomic E-state index is 13.1. The fourth-order valence-corrected chi connectivity index (χ4v) is 6.85. The van der Waals surface area contributed by atoms with Crippen LogP contribution in [-0.4, -0.2) is 64.9 Å². The van der Waals surface area contributed by atoms with Gasteiger partial charge in [-0.3, -0.25) is 4.79 Å². The van der Waals surface area contributed by atoms with E-state index in [-0.39, 0.29) is 23.4 Å². The average molecular weight is 597 g/mol. The molecule has 2 aromatic rings. The lowest BCUT2D eigenvalue weighted by atomic mass is 9.58. The molecule has 1 unspecified atom stereocenters. The largest absolute Gasteiger partial charge is 0.487 e. The first-order valence-electron chi connectivity index (χ1n) is 14.8. The minimum Gasteiger partial charge on any atom is -0.487 e. The van der Waals surface area contributed by atoms with E-state index in [2.05, 4.69) is 11.8 Å². The summed E-state index contributed by atoms with van der Waals surface area (Å²) in [5.41, 5.74) is 0.411. The number of aliphatic carboxylic acids is 1. The Morgan fingerprint density at radius 1 is 1.12 bits per heavy atom. The molecular weight excluding hydrogens is 556 g/mol. The van der Waals surface area contributed by atoms with Crippen LogP contribution < -0.4 is 9.64 Å². The molecular formula is C33H41ClN2O6. The van der Waals surface area contributed by atoms with Crippen molar-refractivity contribution >= 4 is 29.2 Å². The number of hydrogen-bond acceptors (Lipinski definition) is 6. The number of carbonyl (C=O) groups is 2. The molecule has 1 aliphatic carbocycles. The molecule has 5 rings (SSSR count). The van der Waals surface area contributed by atoms with Crippen LogP contribution in [0.1, 0.15) is 62.1 Å². The van der Waals surface area contributed by atoms with Crippen LogP contribution in [0.15, 0.2) is 48.6 Å². The number of fused-ring (bicyclic) bond motifs is 3. The van der Waals surface area contributed by atoms with Crippen molar-refractivity contribution in [1.29, 1.82) is 0 Å². The lowest BCUT2D eigenvalue weighted by Crippen LogP contribution is -2.51. The highest BCUT2D eigenvalue weighted by molar-refractivity contribution is 6.30. The highest BCUT2D eigenvalue weighted by atomic mass is 35.5. The van der Waals surface area contributed by atoms with Gasteiger partial charge in [-0.05, 0) is 90.8 Å². The Hall–Kier alpha value is -3.07.